The first kappa shape index (κ1) is 6.55. The Bertz CT molecular complexity index is 108. The molecule has 9 heavy (non-hydrogen) atoms. The van der Waals surface area contributed by atoms with Crippen LogP contribution < -0.4 is 5.32 Å². The van der Waals surface area contributed by atoms with Crippen molar-refractivity contribution < 1.29 is 9.53 Å². The summed E-state index contributed by atoms with van der Waals surface area (Å²) in [5, 5.41) is 2.98. The van der Waals surface area contributed by atoms with Crippen molar-refractivity contribution in [2.24, 2.45) is 0 Å². The highest BCUT2D eigenvalue weighted by molar-refractivity contribution is 5.66. The van der Waals surface area contributed by atoms with Gasteiger partial charge < -0.3 is 10.1 Å². The van der Waals surface area contributed by atoms with E-state index < -0.39 is 0 Å². The van der Waals surface area contributed by atoms with Crippen LogP contribution in [0.4, 0.5) is 0 Å². The molecule has 0 aromatic carbocycles. The summed E-state index contributed by atoms with van der Waals surface area (Å²) in [5.74, 6) is -0.197. The van der Waals surface area contributed by atoms with Crippen LogP contribution in [-0.4, -0.2) is 18.6 Å². The Morgan fingerprint density at radius 1 is 1.89 bits per heavy atom. The maximum Gasteiger partial charge on any atom is 0.302 e. The summed E-state index contributed by atoms with van der Waals surface area (Å²) in [4.78, 5) is 10.3. The van der Waals surface area contributed by atoms with E-state index in [1.165, 1.54) is 6.92 Å². The van der Waals surface area contributed by atoms with E-state index in [1.54, 1.807) is 0 Å². The molecule has 1 atom stereocenters. The van der Waals surface area contributed by atoms with Crippen LogP contribution in [0.25, 0.3) is 0 Å². The number of hydrogen-bond donors (Lipinski definition) is 1. The van der Waals surface area contributed by atoms with E-state index in [4.69, 9.17) is 4.74 Å². The van der Waals surface area contributed by atoms with Crippen molar-refractivity contribution in [2.75, 3.05) is 6.54 Å². The van der Waals surface area contributed by atoms with Crippen LogP contribution in [0.3, 0.4) is 0 Å². The lowest BCUT2D eigenvalue weighted by molar-refractivity contribution is -0.145. The monoisotopic (exact) mass is 128 g/mol. The zero-order valence-electron chi connectivity index (χ0n) is 5.39. The van der Waals surface area contributed by atoms with Crippen molar-refractivity contribution in [3.05, 3.63) is 6.54 Å². The van der Waals surface area contributed by atoms with Crippen LogP contribution in [0.1, 0.15) is 13.3 Å². The van der Waals surface area contributed by atoms with Gasteiger partial charge in [0, 0.05) is 26.4 Å². The summed E-state index contributed by atoms with van der Waals surface area (Å²) in [6, 6.07) is 0. The molecule has 1 N–H and O–H groups in total. The van der Waals surface area contributed by atoms with Gasteiger partial charge in [-0.25, -0.2) is 0 Å². The molecular formula is C6H10NO2. The first-order valence-electron chi connectivity index (χ1n) is 3.01. The Kier molecular flexibility index (Phi) is 2.05. The van der Waals surface area contributed by atoms with E-state index in [2.05, 4.69) is 5.32 Å². The van der Waals surface area contributed by atoms with Crippen molar-refractivity contribution in [1.29, 1.82) is 0 Å². The highest BCUT2D eigenvalue weighted by Crippen LogP contribution is 2.05. The normalized spacial score (nSPS) is 26.1. The van der Waals surface area contributed by atoms with E-state index in [1.807, 2.05) is 6.54 Å². The van der Waals surface area contributed by atoms with E-state index in [-0.39, 0.29) is 12.1 Å². The van der Waals surface area contributed by atoms with Gasteiger partial charge in [-0.05, 0) is 0 Å². The molecule has 0 aromatic heterocycles. The van der Waals surface area contributed by atoms with Gasteiger partial charge in [0.05, 0.1) is 0 Å². The Morgan fingerprint density at radius 2 is 2.67 bits per heavy atom. The van der Waals surface area contributed by atoms with Gasteiger partial charge >= 0.3 is 5.97 Å². The lowest BCUT2D eigenvalue weighted by atomic mass is 10.3. The zero-order valence-corrected chi connectivity index (χ0v) is 5.39. The third kappa shape index (κ3) is 2.01. The van der Waals surface area contributed by atoms with Gasteiger partial charge in [-0.1, -0.05) is 0 Å². The number of carbonyl (C=O) groups excluding carboxylic acids is 1. The lowest BCUT2D eigenvalue weighted by Crippen LogP contribution is -2.18. The molecule has 1 radical (unpaired) electrons. The fraction of sp³-hybridized carbons (Fsp3) is 0.667. The van der Waals surface area contributed by atoms with E-state index in [9.17, 15) is 4.79 Å². The van der Waals surface area contributed by atoms with Gasteiger partial charge in [-0.3, -0.25) is 4.79 Å². The third-order valence-electron chi connectivity index (χ3n) is 1.20. The molecule has 1 heterocycles. The quantitative estimate of drug-likeness (QED) is 0.508. The summed E-state index contributed by atoms with van der Waals surface area (Å²) < 4.78 is 4.88. The Hall–Kier alpha value is -0.570. The van der Waals surface area contributed by atoms with Crippen LogP contribution in [-0.2, 0) is 9.53 Å². The van der Waals surface area contributed by atoms with Crippen LogP contribution >= 0.6 is 0 Å². The summed E-state index contributed by atoms with van der Waals surface area (Å²) in [5.41, 5.74) is 0. The summed E-state index contributed by atoms with van der Waals surface area (Å²) in [6.45, 7) is 4.10. The third-order valence-corrected chi connectivity index (χ3v) is 1.20. The van der Waals surface area contributed by atoms with Crippen LogP contribution in [0.5, 0.6) is 0 Å². The lowest BCUT2D eigenvalue weighted by Gasteiger charge is -2.06. The molecule has 1 aliphatic heterocycles. The molecule has 1 rings (SSSR count). The van der Waals surface area contributed by atoms with Gasteiger partial charge in [-0.2, -0.15) is 0 Å². The molecule has 51 valence electrons. The first-order chi connectivity index (χ1) is 4.29. The van der Waals surface area contributed by atoms with E-state index in [0.29, 0.717) is 0 Å². The number of rotatable bonds is 1. The summed E-state index contributed by atoms with van der Waals surface area (Å²) in [6.07, 6.45) is 0.905. The maximum absolute atomic E-state index is 10.3. The minimum absolute atomic E-state index is 0.0718. The largest absolute Gasteiger partial charge is 0.461 e. The molecule has 0 spiro atoms. The van der Waals surface area contributed by atoms with Crippen molar-refractivity contribution in [1.82, 2.24) is 5.32 Å². The topological polar surface area (TPSA) is 38.3 Å². The second-order valence-electron chi connectivity index (χ2n) is 2.08. The molecule has 1 unspecified atom stereocenters. The van der Waals surface area contributed by atoms with E-state index >= 15 is 0 Å². The van der Waals surface area contributed by atoms with Gasteiger partial charge in [0.1, 0.15) is 6.10 Å². The summed E-state index contributed by atoms with van der Waals surface area (Å²) in [7, 11) is 0. The molecule has 1 fully saturated rings. The molecular weight excluding hydrogens is 118 g/mol. The molecule has 1 aliphatic rings. The Balaban J connectivity index is 2.19. The molecule has 1 saturated heterocycles. The van der Waals surface area contributed by atoms with Gasteiger partial charge in [0.15, 0.2) is 0 Å². The van der Waals surface area contributed by atoms with Crippen molar-refractivity contribution >= 4 is 5.97 Å². The van der Waals surface area contributed by atoms with Crippen LogP contribution in [0.15, 0.2) is 0 Å². The molecule has 0 amide bonds. The number of carbonyl (C=O) groups is 1. The van der Waals surface area contributed by atoms with Gasteiger partial charge in [0.25, 0.3) is 0 Å². The number of ether oxygens (including phenoxy) is 1. The van der Waals surface area contributed by atoms with Crippen molar-refractivity contribution in [3.63, 3.8) is 0 Å². The molecule has 0 aliphatic carbocycles. The molecule has 0 aromatic rings. The maximum atomic E-state index is 10.3. The highest BCUT2D eigenvalue weighted by atomic mass is 16.5. The fourth-order valence-corrected chi connectivity index (χ4v) is 0.837. The summed E-state index contributed by atoms with van der Waals surface area (Å²) >= 11 is 0. The van der Waals surface area contributed by atoms with Crippen molar-refractivity contribution in [2.45, 2.75) is 19.4 Å². The molecule has 0 saturated carbocycles. The molecule has 3 nitrogen and oxygen atoms in total. The SMILES string of the molecule is CC(=O)OC1C[CH]NC1. The Labute approximate surface area is 54.4 Å². The van der Waals surface area contributed by atoms with Crippen LogP contribution in [0.2, 0.25) is 0 Å². The average molecular weight is 128 g/mol. The van der Waals surface area contributed by atoms with Crippen molar-refractivity contribution in [3.8, 4) is 0 Å². The standard InChI is InChI=1S/C6H10NO2/c1-5(8)9-6-2-3-7-4-6/h3,6-7H,2,4H2,1H3. The molecule has 3 heteroatoms. The second-order valence-corrected chi connectivity index (χ2v) is 2.08. The minimum Gasteiger partial charge on any atom is -0.461 e. The molecule has 0 bridgehead atoms. The zero-order chi connectivity index (χ0) is 6.69. The number of hydrogen-bond acceptors (Lipinski definition) is 3. The first-order valence-corrected chi connectivity index (χ1v) is 3.01. The van der Waals surface area contributed by atoms with Gasteiger partial charge in [-0.15, -0.1) is 0 Å². The predicted molar refractivity (Wildman–Crippen MR) is 32.5 cm³/mol. The van der Waals surface area contributed by atoms with E-state index in [0.717, 1.165) is 13.0 Å². The predicted octanol–water partition coefficient (Wildman–Crippen LogP) is 0.0732. The minimum atomic E-state index is -0.197. The number of esters is 1. The number of nitrogens with one attached hydrogen (secondary N) is 1. The van der Waals surface area contributed by atoms with Crippen LogP contribution in [0, 0.1) is 6.54 Å². The van der Waals surface area contributed by atoms with Gasteiger partial charge in [0.2, 0.25) is 0 Å². The fourth-order valence-electron chi connectivity index (χ4n) is 0.837. The highest BCUT2D eigenvalue weighted by Gasteiger charge is 2.16. The Morgan fingerprint density at radius 3 is 3.11 bits per heavy atom. The smallest absolute Gasteiger partial charge is 0.302 e. The average Bonchev–Trinajstić information content (AvgIpc) is 2.15. The second kappa shape index (κ2) is 2.82.